The zero-order valence-electron chi connectivity index (χ0n) is 15.8. The van der Waals surface area contributed by atoms with Crippen molar-refractivity contribution < 1.29 is 27.5 Å². The molecule has 154 valence electrons. The second-order valence-electron chi connectivity index (χ2n) is 6.52. The minimum atomic E-state index is -3.82. The standard InChI is InChI=1S/C19H21N3O6S/c1-14(23)21-8-10-22(11-9-21)29(26,27)16-5-2-4-15(12-16)19(25)28-13-18(24)17-6-3-7-20-17/h2-7,12,20H,8-11,13H2,1H3. The summed E-state index contributed by atoms with van der Waals surface area (Å²) >= 11 is 0. The third-order valence-corrected chi connectivity index (χ3v) is 6.52. The molecular formula is C19H21N3O6S. The van der Waals surface area contributed by atoms with Crippen LogP contribution in [0.2, 0.25) is 0 Å². The van der Waals surface area contributed by atoms with Crippen LogP contribution in [0.15, 0.2) is 47.5 Å². The molecule has 2 aromatic rings. The number of esters is 1. The van der Waals surface area contributed by atoms with Crippen molar-refractivity contribution in [2.24, 2.45) is 0 Å². The number of amides is 1. The molecule has 2 heterocycles. The summed E-state index contributed by atoms with van der Waals surface area (Å²) in [7, 11) is -3.82. The lowest BCUT2D eigenvalue weighted by Crippen LogP contribution is -2.49. The van der Waals surface area contributed by atoms with Crippen molar-refractivity contribution in [2.75, 3.05) is 32.8 Å². The number of Topliss-reactive ketones (excluding diaryl/α,β-unsaturated/α-hetero) is 1. The highest BCUT2D eigenvalue weighted by Gasteiger charge is 2.29. The average molecular weight is 419 g/mol. The van der Waals surface area contributed by atoms with Gasteiger partial charge in [0, 0.05) is 39.3 Å². The Morgan fingerprint density at radius 3 is 2.41 bits per heavy atom. The van der Waals surface area contributed by atoms with Crippen LogP contribution in [0.4, 0.5) is 0 Å². The minimum Gasteiger partial charge on any atom is -0.454 e. The molecule has 1 aliphatic rings. The molecule has 0 saturated carbocycles. The van der Waals surface area contributed by atoms with Gasteiger partial charge in [0.05, 0.1) is 16.2 Å². The highest BCUT2D eigenvalue weighted by molar-refractivity contribution is 7.89. The van der Waals surface area contributed by atoms with Gasteiger partial charge in [-0.25, -0.2) is 13.2 Å². The van der Waals surface area contributed by atoms with E-state index >= 15 is 0 Å². The number of sulfonamides is 1. The number of aromatic nitrogens is 1. The van der Waals surface area contributed by atoms with Gasteiger partial charge in [-0.2, -0.15) is 4.31 Å². The first-order valence-corrected chi connectivity index (χ1v) is 10.4. The normalized spacial score (nSPS) is 15.1. The van der Waals surface area contributed by atoms with Crippen molar-refractivity contribution in [3.05, 3.63) is 53.9 Å². The highest BCUT2D eigenvalue weighted by atomic mass is 32.2. The van der Waals surface area contributed by atoms with Crippen LogP contribution in [0.25, 0.3) is 0 Å². The van der Waals surface area contributed by atoms with Gasteiger partial charge < -0.3 is 14.6 Å². The fourth-order valence-corrected chi connectivity index (χ4v) is 4.44. The van der Waals surface area contributed by atoms with Crippen molar-refractivity contribution in [3.8, 4) is 0 Å². The molecule has 1 aliphatic heterocycles. The maximum Gasteiger partial charge on any atom is 0.338 e. The van der Waals surface area contributed by atoms with E-state index in [4.69, 9.17) is 4.74 Å². The Morgan fingerprint density at radius 2 is 1.79 bits per heavy atom. The van der Waals surface area contributed by atoms with Crippen molar-refractivity contribution in [2.45, 2.75) is 11.8 Å². The first kappa shape index (κ1) is 20.7. The van der Waals surface area contributed by atoms with E-state index in [1.165, 1.54) is 35.5 Å². The van der Waals surface area contributed by atoms with Gasteiger partial charge in [0.2, 0.25) is 21.7 Å². The van der Waals surface area contributed by atoms with Crippen LogP contribution in [-0.4, -0.2) is 73.1 Å². The molecule has 1 amide bonds. The first-order chi connectivity index (χ1) is 13.8. The Bertz CT molecular complexity index is 1010. The van der Waals surface area contributed by atoms with E-state index in [2.05, 4.69) is 4.98 Å². The number of H-pyrrole nitrogens is 1. The van der Waals surface area contributed by atoms with E-state index in [-0.39, 0.29) is 29.5 Å². The van der Waals surface area contributed by atoms with E-state index < -0.39 is 28.4 Å². The predicted molar refractivity (Wildman–Crippen MR) is 103 cm³/mol. The molecule has 0 spiro atoms. The molecule has 0 atom stereocenters. The van der Waals surface area contributed by atoms with Crippen molar-refractivity contribution in [3.63, 3.8) is 0 Å². The summed E-state index contributed by atoms with van der Waals surface area (Å²) in [5, 5.41) is 0. The Balaban J connectivity index is 1.67. The average Bonchev–Trinajstić information content (AvgIpc) is 3.27. The van der Waals surface area contributed by atoms with Gasteiger partial charge in [-0.3, -0.25) is 9.59 Å². The summed E-state index contributed by atoms with van der Waals surface area (Å²) in [5.41, 5.74) is 0.353. The Morgan fingerprint density at radius 1 is 1.07 bits per heavy atom. The highest BCUT2D eigenvalue weighted by Crippen LogP contribution is 2.19. The molecule has 0 bridgehead atoms. The summed E-state index contributed by atoms with van der Waals surface area (Å²) in [6.45, 7) is 1.99. The lowest BCUT2D eigenvalue weighted by molar-refractivity contribution is -0.129. The number of nitrogens with zero attached hydrogens (tertiary/aromatic N) is 2. The summed E-state index contributed by atoms with van der Waals surface area (Å²) < 4.78 is 32.0. The van der Waals surface area contributed by atoms with Crippen LogP contribution in [0.5, 0.6) is 0 Å². The zero-order chi connectivity index (χ0) is 21.0. The van der Waals surface area contributed by atoms with E-state index in [0.717, 1.165) is 0 Å². The number of ketones is 1. The van der Waals surface area contributed by atoms with Gasteiger partial charge in [-0.05, 0) is 30.3 Å². The molecule has 0 unspecified atom stereocenters. The lowest BCUT2D eigenvalue weighted by atomic mass is 10.2. The quantitative estimate of drug-likeness (QED) is 0.549. The molecule has 0 radical (unpaired) electrons. The zero-order valence-corrected chi connectivity index (χ0v) is 16.6. The molecule has 1 fully saturated rings. The van der Waals surface area contributed by atoms with Crippen LogP contribution in [0.1, 0.15) is 27.8 Å². The molecule has 3 rings (SSSR count). The van der Waals surface area contributed by atoms with Crippen LogP contribution in [0, 0.1) is 0 Å². The van der Waals surface area contributed by atoms with E-state index in [1.807, 2.05) is 0 Å². The van der Waals surface area contributed by atoms with Gasteiger partial charge in [-0.1, -0.05) is 6.07 Å². The fraction of sp³-hybridized carbons (Fsp3) is 0.316. The number of aromatic amines is 1. The molecule has 10 heteroatoms. The van der Waals surface area contributed by atoms with Gasteiger partial charge in [0.15, 0.2) is 6.61 Å². The molecule has 1 aromatic carbocycles. The maximum atomic E-state index is 12.9. The number of rotatable bonds is 6. The fourth-order valence-electron chi connectivity index (χ4n) is 2.97. The minimum absolute atomic E-state index is 0.0349. The van der Waals surface area contributed by atoms with Crippen LogP contribution in [0.3, 0.4) is 0 Å². The number of piperazine rings is 1. The number of hydrogen-bond acceptors (Lipinski definition) is 6. The lowest BCUT2D eigenvalue weighted by Gasteiger charge is -2.33. The van der Waals surface area contributed by atoms with E-state index in [1.54, 1.807) is 23.2 Å². The number of nitrogens with one attached hydrogen (secondary N) is 1. The van der Waals surface area contributed by atoms with Crippen LogP contribution < -0.4 is 0 Å². The van der Waals surface area contributed by atoms with Gasteiger partial charge in [0.1, 0.15) is 0 Å². The SMILES string of the molecule is CC(=O)N1CCN(S(=O)(=O)c2cccc(C(=O)OCC(=O)c3ccc[nH]3)c2)CC1. The monoisotopic (exact) mass is 419 g/mol. The number of benzene rings is 1. The van der Waals surface area contributed by atoms with Gasteiger partial charge >= 0.3 is 5.97 Å². The predicted octanol–water partition coefficient (Wildman–Crippen LogP) is 0.907. The summed E-state index contributed by atoms with van der Waals surface area (Å²) in [4.78, 5) is 39.8. The van der Waals surface area contributed by atoms with Crippen molar-refractivity contribution in [1.29, 1.82) is 0 Å². The van der Waals surface area contributed by atoms with Crippen LogP contribution >= 0.6 is 0 Å². The van der Waals surface area contributed by atoms with Gasteiger partial charge in [0.25, 0.3) is 0 Å². The number of ether oxygens (including phenoxy) is 1. The Hall–Kier alpha value is -2.98. The van der Waals surface area contributed by atoms with Gasteiger partial charge in [-0.15, -0.1) is 0 Å². The second-order valence-corrected chi connectivity index (χ2v) is 8.46. The summed E-state index contributed by atoms with van der Waals surface area (Å²) in [6.07, 6.45) is 1.58. The Kier molecular flexibility index (Phi) is 6.14. The topological polar surface area (TPSA) is 117 Å². The molecule has 1 saturated heterocycles. The third kappa shape index (κ3) is 4.72. The van der Waals surface area contributed by atoms with E-state index in [9.17, 15) is 22.8 Å². The van der Waals surface area contributed by atoms with E-state index in [0.29, 0.717) is 18.8 Å². The number of carbonyl (C=O) groups is 3. The molecule has 0 aliphatic carbocycles. The third-order valence-electron chi connectivity index (χ3n) is 4.62. The molecule has 9 nitrogen and oxygen atoms in total. The van der Waals surface area contributed by atoms with Crippen molar-refractivity contribution >= 4 is 27.7 Å². The second kappa shape index (κ2) is 8.58. The Labute approximate surface area is 168 Å². The van der Waals surface area contributed by atoms with Crippen LogP contribution in [-0.2, 0) is 19.6 Å². The number of hydrogen-bond donors (Lipinski definition) is 1. The largest absolute Gasteiger partial charge is 0.454 e. The smallest absolute Gasteiger partial charge is 0.338 e. The van der Waals surface area contributed by atoms with Crippen molar-refractivity contribution in [1.82, 2.24) is 14.2 Å². The maximum absolute atomic E-state index is 12.9. The molecule has 1 N–H and O–H groups in total. The first-order valence-electron chi connectivity index (χ1n) is 8.98. The summed E-state index contributed by atoms with van der Waals surface area (Å²) in [5.74, 6) is -1.28. The number of carbonyl (C=O) groups excluding carboxylic acids is 3. The molecule has 29 heavy (non-hydrogen) atoms. The molecular weight excluding hydrogens is 398 g/mol. The summed E-state index contributed by atoms with van der Waals surface area (Å²) in [6, 6.07) is 8.72. The molecule has 1 aromatic heterocycles.